The number of amides is 1. The largest absolute Gasteiger partial charge is 0.495 e. The summed E-state index contributed by atoms with van der Waals surface area (Å²) in [6.45, 7) is 1.65. The maximum Gasteiger partial charge on any atom is 0.254 e. The number of nitrogens with two attached hydrogens (primary N) is 1. The van der Waals surface area contributed by atoms with Gasteiger partial charge in [0, 0.05) is 19.3 Å². The van der Waals surface area contributed by atoms with Crippen molar-refractivity contribution in [1.29, 1.82) is 0 Å². The van der Waals surface area contributed by atoms with E-state index in [9.17, 15) is 9.90 Å². The molecular weight excluding hydrogens is 420 g/mol. The number of nitrogens with one attached hydrogen (secondary N) is 2. The van der Waals surface area contributed by atoms with E-state index in [4.69, 9.17) is 10.5 Å². The quantitative estimate of drug-likeness (QED) is 0.414. The molecular formula is C24H28N6O3. The molecule has 1 aliphatic rings. The molecule has 1 aromatic heterocycles. The van der Waals surface area contributed by atoms with Crippen molar-refractivity contribution in [3.63, 3.8) is 0 Å². The number of fused-ring (bicyclic) bond motifs is 1. The number of hydrogen-bond donors (Lipinski definition) is 4. The Balaban J connectivity index is 1.66. The number of rotatable bonds is 8. The average molecular weight is 449 g/mol. The maximum absolute atomic E-state index is 12.0. The summed E-state index contributed by atoms with van der Waals surface area (Å²) in [7, 11) is 3.71. The molecule has 2 heterocycles. The first-order valence-electron chi connectivity index (χ1n) is 10.7. The Morgan fingerprint density at radius 2 is 2.06 bits per heavy atom. The number of primary amides is 1. The number of carbonyl (C=O) groups excluding carboxylic acids is 1. The van der Waals surface area contributed by atoms with Crippen molar-refractivity contribution < 1.29 is 14.6 Å². The molecule has 0 fully saturated rings. The summed E-state index contributed by atoms with van der Waals surface area (Å²) in [4.78, 5) is 23.0. The normalized spacial score (nSPS) is 14.3. The lowest BCUT2D eigenvalue weighted by molar-refractivity contribution is 0.100. The molecule has 0 bridgehead atoms. The number of ether oxygens (including phenoxy) is 1. The van der Waals surface area contributed by atoms with Crippen LogP contribution in [0.4, 0.5) is 17.5 Å². The first kappa shape index (κ1) is 22.5. The molecule has 1 atom stereocenters. The van der Waals surface area contributed by atoms with Gasteiger partial charge in [0.25, 0.3) is 5.91 Å². The number of hydrogen-bond acceptors (Lipinski definition) is 8. The van der Waals surface area contributed by atoms with Gasteiger partial charge >= 0.3 is 0 Å². The van der Waals surface area contributed by atoms with Gasteiger partial charge in [-0.1, -0.05) is 30.3 Å². The van der Waals surface area contributed by atoms with Gasteiger partial charge in [-0.05, 0) is 42.3 Å². The van der Waals surface area contributed by atoms with E-state index in [1.54, 1.807) is 7.11 Å². The third-order valence-corrected chi connectivity index (χ3v) is 5.72. The minimum atomic E-state index is -0.664. The van der Waals surface area contributed by atoms with Crippen LogP contribution in [0.25, 0.3) is 0 Å². The van der Waals surface area contributed by atoms with Crippen molar-refractivity contribution in [2.24, 2.45) is 5.73 Å². The molecule has 3 aromatic rings. The smallest absolute Gasteiger partial charge is 0.254 e. The summed E-state index contributed by atoms with van der Waals surface area (Å²) < 4.78 is 5.59. The number of carbonyl (C=O) groups is 1. The lowest BCUT2D eigenvalue weighted by Gasteiger charge is -2.26. The van der Waals surface area contributed by atoms with Gasteiger partial charge in [0.15, 0.2) is 0 Å². The van der Waals surface area contributed by atoms with E-state index in [1.165, 1.54) is 17.3 Å². The fourth-order valence-corrected chi connectivity index (χ4v) is 3.93. The number of methoxy groups -OCH3 is 1. The molecule has 0 spiro atoms. The number of likely N-dealkylation sites (N-methyl/N-ethyl adjacent to an activating group) is 1. The molecule has 5 N–H and O–H groups in total. The molecule has 0 saturated carbocycles. The summed E-state index contributed by atoms with van der Waals surface area (Å²) in [6, 6.07) is 13.0. The number of aliphatic hydroxyl groups excluding tert-OH is 1. The molecule has 4 rings (SSSR count). The van der Waals surface area contributed by atoms with Gasteiger partial charge in [0.05, 0.1) is 31.0 Å². The maximum atomic E-state index is 12.0. The van der Waals surface area contributed by atoms with Crippen LogP contribution >= 0.6 is 0 Å². The Bertz CT molecular complexity index is 1140. The predicted molar refractivity (Wildman–Crippen MR) is 127 cm³/mol. The van der Waals surface area contributed by atoms with Crippen LogP contribution in [-0.4, -0.2) is 53.2 Å². The molecule has 1 amide bonds. The topological polar surface area (TPSA) is 126 Å². The van der Waals surface area contributed by atoms with E-state index in [-0.39, 0.29) is 23.9 Å². The third-order valence-electron chi connectivity index (χ3n) is 5.72. The molecule has 2 aromatic carbocycles. The zero-order chi connectivity index (χ0) is 23.4. The van der Waals surface area contributed by atoms with Crippen molar-refractivity contribution in [3.05, 3.63) is 70.9 Å². The van der Waals surface area contributed by atoms with Crippen molar-refractivity contribution in [2.75, 3.05) is 37.9 Å². The number of nitrogens with zero attached hydrogens (tertiary/aromatic N) is 3. The Kier molecular flexibility index (Phi) is 6.71. The minimum absolute atomic E-state index is 0.133. The van der Waals surface area contributed by atoms with Crippen molar-refractivity contribution in [3.8, 4) is 5.75 Å². The average Bonchev–Trinajstić information content (AvgIpc) is 2.82. The van der Waals surface area contributed by atoms with Crippen LogP contribution in [0.1, 0.15) is 33.1 Å². The second-order valence-electron chi connectivity index (χ2n) is 8.04. The lowest BCUT2D eigenvalue weighted by atomic mass is 9.99. The number of benzene rings is 2. The Morgan fingerprint density at radius 1 is 1.27 bits per heavy atom. The fraction of sp³-hybridized carbons (Fsp3) is 0.292. The molecule has 0 radical (unpaired) electrons. The van der Waals surface area contributed by atoms with Gasteiger partial charge in [-0.15, -0.1) is 0 Å². The molecule has 0 aliphatic carbocycles. The third kappa shape index (κ3) is 5.05. The molecule has 9 nitrogen and oxygen atoms in total. The Hall–Kier alpha value is -3.69. The van der Waals surface area contributed by atoms with Crippen LogP contribution in [0.2, 0.25) is 0 Å². The van der Waals surface area contributed by atoms with Gasteiger partial charge in [-0.2, -0.15) is 4.98 Å². The second kappa shape index (κ2) is 9.85. The van der Waals surface area contributed by atoms with Crippen LogP contribution in [0.5, 0.6) is 5.75 Å². The van der Waals surface area contributed by atoms with E-state index in [2.05, 4.69) is 32.5 Å². The minimum Gasteiger partial charge on any atom is -0.495 e. The van der Waals surface area contributed by atoms with Gasteiger partial charge in [-0.3, -0.25) is 4.79 Å². The number of aromatic nitrogens is 2. The zero-order valence-corrected chi connectivity index (χ0v) is 18.7. The summed E-state index contributed by atoms with van der Waals surface area (Å²) in [5, 5.41) is 16.3. The second-order valence-corrected chi connectivity index (χ2v) is 8.04. The molecule has 0 unspecified atom stereocenters. The van der Waals surface area contributed by atoms with Crippen LogP contribution in [0.3, 0.4) is 0 Å². The van der Waals surface area contributed by atoms with Gasteiger partial charge < -0.3 is 31.1 Å². The van der Waals surface area contributed by atoms with E-state index in [0.717, 1.165) is 30.8 Å². The Morgan fingerprint density at radius 3 is 2.76 bits per heavy atom. The van der Waals surface area contributed by atoms with Crippen molar-refractivity contribution in [1.82, 2.24) is 14.9 Å². The van der Waals surface area contributed by atoms with Crippen LogP contribution in [-0.2, 0) is 13.0 Å². The zero-order valence-electron chi connectivity index (χ0n) is 18.7. The summed E-state index contributed by atoms with van der Waals surface area (Å²) >= 11 is 0. The predicted octanol–water partition coefficient (Wildman–Crippen LogP) is 2.46. The van der Waals surface area contributed by atoms with Crippen molar-refractivity contribution >= 4 is 23.4 Å². The van der Waals surface area contributed by atoms with Gasteiger partial charge in [0.1, 0.15) is 11.6 Å². The highest BCUT2D eigenvalue weighted by molar-refractivity contribution is 5.97. The molecule has 9 heteroatoms. The SMILES string of the molecule is COc1cc2c(cc1Nc1ncc(C(N)=O)c(N[C@H](CO)c3ccccc3)n1)CN(C)CC2. The van der Waals surface area contributed by atoms with Gasteiger partial charge in [-0.25, -0.2) is 4.98 Å². The summed E-state index contributed by atoms with van der Waals surface area (Å²) in [5.74, 6) is 0.533. The van der Waals surface area contributed by atoms with Crippen molar-refractivity contribution in [2.45, 2.75) is 19.0 Å². The first-order chi connectivity index (χ1) is 16.0. The molecule has 0 saturated heterocycles. The van der Waals surface area contributed by atoms with Crippen LogP contribution in [0, 0.1) is 0 Å². The first-order valence-corrected chi connectivity index (χ1v) is 10.7. The standard InChI is InChI=1S/C24H28N6O3/c1-30-9-8-16-11-21(33-2)19(10-17(16)13-30)28-24-26-12-18(22(25)32)23(29-24)27-20(14-31)15-6-4-3-5-7-15/h3-7,10-12,20,31H,8-9,13-14H2,1-2H3,(H2,25,32)(H2,26,27,28,29)/t20-/m1/s1. The lowest BCUT2D eigenvalue weighted by Crippen LogP contribution is -2.26. The molecule has 1 aliphatic heterocycles. The molecule has 33 heavy (non-hydrogen) atoms. The van der Waals surface area contributed by atoms with E-state index >= 15 is 0 Å². The highest BCUT2D eigenvalue weighted by Gasteiger charge is 2.20. The van der Waals surface area contributed by atoms with E-state index < -0.39 is 11.9 Å². The van der Waals surface area contributed by atoms with Crippen LogP contribution < -0.4 is 21.1 Å². The van der Waals surface area contributed by atoms with E-state index in [1.807, 2.05) is 42.5 Å². The summed E-state index contributed by atoms with van der Waals surface area (Å²) in [5.41, 5.74) is 9.73. The van der Waals surface area contributed by atoms with Gasteiger partial charge in [0.2, 0.25) is 5.95 Å². The summed E-state index contributed by atoms with van der Waals surface area (Å²) in [6.07, 6.45) is 2.33. The van der Waals surface area contributed by atoms with E-state index in [0.29, 0.717) is 5.75 Å². The highest BCUT2D eigenvalue weighted by atomic mass is 16.5. The fourth-order valence-electron chi connectivity index (χ4n) is 3.93. The number of anilines is 3. The number of aliphatic hydroxyl groups is 1. The highest BCUT2D eigenvalue weighted by Crippen LogP contribution is 2.33. The molecule has 172 valence electrons. The van der Waals surface area contributed by atoms with Crippen LogP contribution in [0.15, 0.2) is 48.7 Å². The Labute approximate surface area is 192 Å². The monoisotopic (exact) mass is 448 g/mol.